The Kier molecular flexibility index (Phi) is 6.98. The predicted molar refractivity (Wildman–Crippen MR) is 123 cm³/mol. The molecule has 0 aliphatic carbocycles. The lowest BCUT2D eigenvalue weighted by Gasteiger charge is -2.22. The van der Waals surface area contributed by atoms with E-state index in [1.807, 2.05) is 0 Å². The standard InChI is InChI=1S/C24H24N2O6S/c1-31-23(29)17-8-6-16(7-9-17)19-11-10-18(32-19)14-20-22(28)26(24(30)33-20)15-21(27)25-12-4-2-3-5-13-25/h6-11,14H,2-5,12-13,15H2,1H3. The minimum atomic E-state index is -0.492. The van der Waals surface area contributed by atoms with Crippen LogP contribution in [0.15, 0.2) is 45.7 Å². The molecule has 0 unspecified atom stereocenters. The van der Waals surface area contributed by atoms with Gasteiger partial charge in [-0.25, -0.2) is 4.79 Å². The number of likely N-dealkylation sites (tertiary alicyclic amines) is 1. The molecule has 2 aliphatic heterocycles. The number of furan rings is 1. The van der Waals surface area contributed by atoms with E-state index in [9.17, 15) is 19.2 Å². The second-order valence-electron chi connectivity index (χ2n) is 7.83. The van der Waals surface area contributed by atoms with Gasteiger partial charge in [0, 0.05) is 24.7 Å². The topological polar surface area (TPSA) is 97.1 Å². The molecule has 0 bridgehead atoms. The largest absolute Gasteiger partial charge is 0.465 e. The molecule has 0 N–H and O–H groups in total. The van der Waals surface area contributed by atoms with Crippen LogP contribution in [0.4, 0.5) is 4.79 Å². The molecular formula is C24H24N2O6S. The van der Waals surface area contributed by atoms with Gasteiger partial charge in [0.25, 0.3) is 11.1 Å². The molecule has 2 saturated heterocycles. The fourth-order valence-electron chi connectivity index (χ4n) is 3.79. The highest BCUT2D eigenvalue weighted by Gasteiger charge is 2.37. The van der Waals surface area contributed by atoms with Crippen LogP contribution in [0, 0.1) is 0 Å². The maximum Gasteiger partial charge on any atom is 0.337 e. The minimum Gasteiger partial charge on any atom is -0.465 e. The molecule has 8 nitrogen and oxygen atoms in total. The highest BCUT2D eigenvalue weighted by molar-refractivity contribution is 8.18. The van der Waals surface area contributed by atoms with Crippen molar-refractivity contribution < 1.29 is 28.3 Å². The van der Waals surface area contributed by atoms with E-state index in [1.54, 1.807) is 41.3 Å². The summed E-state index contributed by atoms with van der Waals surface area (Å²) >= 11 is 0.799. The second-order valence-corrected chi connectivity index (χ2v) is 8.83. The number of carbonyl (C=O) groups is 4. The molecule has 172 valence electrons. The summed E-state index contributed by atoms with van der Waals surface area (Å²) in [7, 11) is 1.32. The van der Waals surface area contributed by atoms with Crippen LogP contribution in [0.1, 0.15) is 41.8 Å². The quantitative estimate of drug-likeness (QED) is 0.480. The van der Waals surface area contributed by atoms with E-state index < -0.39 is 17.1 Å². The van der Waals surface area contributed by atoms with Crippen LogP contribution in [0.25, 0.3) is 17.4 Å². The van der Waals surface area contributed by atoms with Gasteiger partial charge < -0.3 is 14.1 Å². The van der Waals surface area contributed by atoms with E-state index in [1.165, 1.54) is 13.2 Å². The van der Waals surface area contributed by atoms with Crippen molar-refractivity contribution >= 4 is 40.9 Å². The molecule has 33 heavy (non-hydrogen) atoms. The molecule has 0 saturated carbocycles. The number of carbonyl (C=O) groups excluding carboxylic acids is 4. The van der Waals surface area contributed by atoms with E-state index in [-0.39, 0.29) is 17.4 Å². The molecule has 0 atom stereocenters. The van der Waals surface area contributed by atoms with E-state index in [4.69, 9.17) is 9.15 Å². The monoisotopic (exact) mass is 468 g/mol. The van der Waals surface area contributed by atoms with Crippen molar-refractivity contribution in [2.75, 3.05) is 26.7 Å². The van der Waals surface area contributed by atoms with Gasteiger partial charge in [-0.2, -0.15) is 0 Å². The van der Waals surface area contributed by atoms with Crippen molar-refractivity contribution in [2.45, 2.75) is 25.7 Å². The lowest BCUT2D eigenvalue weighted by Crippen LogP contribution is -2.42. The number of thioether (sulfide) groups is 1. The summed E-state index contributed by atoms with van der Waals surface area (Å²) in [6.07, 6.45) is 5.58. The van der Waals surface area contributed by atoms with Crippen molar-refractivity contribution in [2.24, 2.45) is 0 Å². The highest BCUT2D eigenvalue weighted by Crippen LogP contribution is 2.33. The first kappa shape index (κ1) is 22.8. The zero-order chi connectivity index (χ0) is 23.4. The molecule has 0 spiro atoms. The Bertz CT molecular complexity index is 1100. The van der Waals surface area contributed by atoms with E-state index in [0.717, 1.165) is 47.9 Å². The van der Waals surface area contributed by atoms with Crippen molar-refractivity contribution in [3.63, 3.8) is 0 Å². The normalized spacial score (nSPS) is 18.0. The van der Waals surface area contributed by atoms with Crippen LogP contribution in [0.3, 0.4) is 0 Å². The molecule has 9 heteroatoms. The molecule has 2 aliphatic rings. The van der Waals surface area contributed by atoms with Crippen LogP contribution >= 0.6 is 11.8 Å². The number of amides is 3. The van der Waals surface area contributed by atoms with Crippen LogP contribution in [-0.4, -0.2) is 59.6 Å². The summed E-state index contributed by atoms with van der Waals surface area (Å²) < 4.78 is 10.5. The average Bonchev–Trinajstić information content (AvgIpc) is 3.26. The maximum atomic E-state index is 12.8. The van der Waals surface area contributed by atoms with Crippen molar-refractivity contribution in [1.29, 1.82) is 0 Å². The van der Waals surface area contributed by atoms with E-state index in [2.05, 4.69) is 0 Å². The number of esters is 1. The van der Waals surface area contributed by atoms with Crippen molar-refractivity contribution in [3.8, 4) is 11.3 Å². The van der Waals surface area contributed by atoms with E-state index in [0.29, 0.717) is 30.2 Å². The van der Waals surface area contributed by atoms with Gasteiger partial charge in [0.2, 0.25) is 5.91 Å². The van der Waals surface area contributed by atoms with Crippen LogP contribution < -0.4 is 0 Å². The zero-order valence-corrected chi connectivity index (χ0v) is 19.1. The molecule has 3 heterocycles. The zero-order valence-electron chi connectivity index (χ0n) is 18.2. The summed E-state index contributed by atoms with van der Waals surface area (Å²) in [6, 6.07) is 10.2. The molecule has 1 aromatic heterocycles. The number of benzene rings is 1. The van der Waals surface area contributed by atoms with Gasteiger partial charge in [-0.3, -0.25) is 19.3 Å². The Morgan fingerprint density at radius 2 is 1.73 bits per heavy atom. The van der Waals surface area contributed by atoms with Crippen molar-refractivity contribution in [1.82, 2.24) is 9.80 Å². The Morgan fingerprint density at radius 3 is 2.39 bits per heavy atom. The Labute approximate surface area is 195 Å². The second kappa shape index (κ2) is 10.1. The predicted octanol–water partition coefficient (Wildman–Crippen LogP) is 4.17. The number of rotatable bonds is 5. The smallest absolute Gasteiger partial charge is 0.337 e. The Balaban J connectivity index is 1.44. The van der Waals surface area contributed by atoms with Gasteiger partial charge in [0.1, 0.15) is 18.1 Å². The molecule has 2 aromatic rings. The van der Waals surface area contributed by atoms with Crippen LogP contribution in [0.5, 0.6) is 0 Å². The summed E-state index contributed by atoms with van der Waals surface area (Å²) in [5.74, 6) is -0.156. The Morgan fingerprint density at radius 1 is 1.03 bits per heavy atom. The summed E-state index contributed by atoms with van der Waals surface area (Å²) in [4.78, 5) is 52.3. The third-order valence-corrected chi connectivity index (χ3v) is 6.52. The van der Waals surface area contributed by atoms with E-state index >= 15 is 0 Å². The minimum absolute atomic E-state index is 0.198. The number of hydrogen-bond donors (Lipinski definition) is 0. The van der Waals surface area contributed by atoms with Gasteiger partial charge in [0.05, 0.1) is 17.6 Å². The number of methoxy groups -OCH3 is 1. The van der Waals surface area contributed by atoms with Crippen molar-refractivity contribution in [3.05, 3.63) is 52.6 Å². The summed E-state index contributed by atoms with van der Waals surface area (Å²) in [5.41, 5.74) is 1.18. The molecule has 0 radical (unpaired) electrons. The molecular weight excluding hydrogens is 444 g/mol. The third-order valence-electron chi connectivity index (χ3n) is 5.62. The molecule has 2 fully saturated rings. The first-order valence-electron chi connectivity index (χ1n) is 10.8. The van der Waals surface area contributed by atoms with Gasteiger partial charge in [-0.15, -0.1) is 0 Å². The highest BCUT2D eigenvalue weighted by atomic mass is 32.2. The fourth-order valence-corrected chi connectivity index (χ4v) is 4.61. The summed E-state index contributed by atoms with van der Waals surface area (Å²) in [6.45, 7) is 1.10. The number of nitrogens with zero attached hydrogens (tertiary/aromatic N) is 2. The number of imide groups is 1. The molecule has 3 amide bonds. The fraction of sp³-hybridized carbons (Fsp3) is 0.333. The lowest BCUT2D eigenvalue weighted by atomic mass is 10.1. The number of ether oxygens (including phenoxy) is 1. The molecule has 4 rings (SSSR count). The first-order valence-corrected chi connectivity index (χ1v) is 11.6. The van der Waals surface area contributed by atoms with Gasteiger partial charge in [-0.05, 0) is 48.9 Å². The van der Waals surface area contributed by atoms with Gasteiger partial charge in [-0.1, -0.05) is 25.0 Å². The van der Waals surface area contributed by atoms with Crippen LogP contribution in [-0.2, 0) is 14.3 Å². The maximum absolute atomic E-state index is 12.8. The van der Waals surface area contributed by atoms with Gasteiger partial charge >= 0.3 is 5.97 Å². The van der Waals surface area contributed by atoms with Gasteiger partial charge in [0.15, 0.2) is 0 Å². The first-order chi connectivity index (χ1) is 16.0. The average molecular weight is 469 g/mol. The van der Waals surface area contributed by atoms with Crippen LogP contribution in [0.2, 0.25) is 0 Å². The lowest BCUT2D eigenvalue weighted by molar-refractivity contribution is -0.135. The number of hydrogen-bond acceptors (Lipinski definition) is 7. The molecule has 1 aromatic carbocycles. The Hall–Kier alpha value is -3.33. The third kappa shape index (κ3) is 5.19. The summed E-state index contributed by atoms with van der Waals surface area (Å²) in [5, 5.41) is -0.459. The SMILES string of the molecule is COC(=O)c1ccc(-c2ccc(C=C3SC(=O)N(CC(=O)N4CCCCCC4)C3=O)o2)cc1.